The van der Waals surface area contributed by atoms with Gasteiger partial charge in [0, 0.05) is 28.1 Å². The first-order valence-electron chi connectivity index (χ1n) is 10.1. The van der Waals surface area contributed by atoms with Crippen LogP contribution < -0.4 is 5.32 Å². The van der Waals surface area contributed by atoms with Gasteiger partial charge in [0.25, 0.3) is 0 Å². The Morgan fingerprint density at radius 3 is 2.38 bits per heavy atom. The van der Waals surface area contributed by atoms with Crippen LogP contribution in [0.15, 0.2) is 35.4 Å². The van der Waals surface area contributed by atoms with Crippen LogP contribution in [0.4, 0.5) is 0 Å². The summed E-state index contributed by atoms with van der Waals surface area (Å²) < 4.78 is 0. The van der Waals surface area contributed by atoms with Gasteiger partial charge < -0.3 is 15.3 Å². The lowest BCUT2D eigenvalue weighted by Crippen LogP contribution is -2.62. The fraction of sp³-hybridized carbons (Fsp3) is 0.478. The van der Waals surface area contributed by atoms with Crippen LogP contribution in [-0.2, 0) is 0 Å². The molecule has 0 amide bonds. The molecular weight excluding hydrogens is 380 g/mol. The molecule has 3 N–H and O–H groups in total. The number of hydrogen-bond acceptors (Lipinski definition) is 5. The van der Waals surface area contributed by atoms with Gasteiger partial charge in [-0.25, -0.2) is 4.98 Å². The Hall–Kier alpha value is -2.18. The summed E-state index contributed by atoms with van der Waals surface area (Å²) in [6.07, 6.45) is 1.87. The molecule has 4 rings (SSSR count). The third kappa shape index (κ3) is 3.96. The average Bonchev–Trinajstić information content (AvgIpc) is 3.17. The summed E-state index contributed by atoms with van der Waals surface area (Å²) in [6.45, 7) is 11.3. The molecule has 3 heterocycles. The topological polar surface area (TPSA) is 72.2 Å². The molecule has 0 radical (unpaired) electrons. The van der Waals surface area contributed by atoms with Crippen molar-refractivity contribution < 1.29 is 5.11 Å². The van der Waals surface area contributed by atoms with Crippen molar-refractivity contribution in [3.63, 3.8) is 0 Å². The monoisotopic (exact) mass is 410 g/mol. The van der Waals surface area contributed by atoms with E-state index in [0.29, 0.717) is 18.0 Å². The molecule has 1 aromatic heterocycles. The lowest BCUT2D eigenvalue weighted by atomic mass is 9.79. The number of nitrogens with one attached hydrogen (secondary N) is 2. The Morgan fingerprint density at radius 2 is 1.76 bits per heavy atom. The van der Waals surface area contributed by atoms with E-state index >= 15 is 0 Å². The van der Waals surface area contributed by atoms with E-state index < -0.39 is 0 Å². The third-order valence-corrected chi connectivity index (χ3v) is 6.67. The van der Waals surface area contributed by atoms with Crippen molar-refractivity contribution in [2.24, 2.45) is 0 Å². The number of amidine groups is 1. The van der Waals surface area contributed by atoms with Crippen LogP contribution in [-0.4, -0.2) is 44.5 Å². The standard InChI is InChI=1S/C23H30N4OS/c1-14-6-8-15(9-7-14)17-13-29-21(25-17)19-18(28)12-27(20(19)24)16-10-22(2,3)26-23(4,5)11-16/h6-9,13,16,24,26,28H,10-12H2,1-5H3. The summed E-state index contributed by atoms with van der Waals surface area (Å²) in [5, 5.41) is 26.0. The molecule has 2 aliphatic heterocycles. The SMILES string of the molecule is Cc1ccc(-c2csc(C3=C(O)CN(C4CC(C)(C)NC(C)(C)C4)C3=N)n2)cc1. The average molecular weight is 411 g/mol. The molecule has 1 saturated heterocycles. The second kappa shape index (κ2) is 6.96. The van der Waals surface area contributed by atoms with Crippen molar-refractivity contribution in [1.29, 1.82) is 5.41 Å². The molecule has 1 fully saturated rings. The molecule has 0 saturated carbocycles. The van der Waals surface area contributed by atoms with Crippen LogP contribution in [0.25, 0.3) is 16.8 Å². The van der Waals surface area contributed by atoms with E-state index in [1.807, 2.05) is 5.38 Å². The summed E-state index contributed by atoms with van der Waals surface area (Å²) in [7, 11) is 0. The largest absolute Gasteiger partial charge is 0.510 e. The molecule has 154 valence electrons. The van der Waals surface area contributed by atoms with E-state index in [-0.39, 0.29) is 22.9 Å². The van der Waals surface area contributed by atoms with Gasteiger partial charge >= 0.3 is 0 Å². The molecule has 29 heavy (non-hydrogen) atoms. The highest BCUT2D eigenvalue weighted by Gasteiger charge is 2.43. The molecular formula is C23H30N4OS. The van der Waals surface area contributed by atoms with Crippen molar-refractivity contribution in [3.8, 4) is 11.3 Å². The van der Waals surface area contributed by atoms with E-state index in [9.17, 15) is 5.11 Å². The van der Waals surface area contributed by atoms with Crippen molar-refractivity contribution >= 4 is 22.7 Å². The Labute approximate surface area is 177 Å². The number of hydrogen-bond donors (Lipinski definition) is 3. The van der Waals surface area contributed by atoms with Crippen LogP contribution in [0, 0.1) is 12.3 Å². The fourth-order valence-corrected chi connectivity index (χ4v) is 5.77. The summed E-state index contributed by atoms with van der Waals surface area (Å²) in [5.41, 5.74) is 3.73. The van der Waals surface area contributed by atoms with Gasteiger partial charge in [0.15, 0.2) is 0 Å². The van der Waals surface area contributed by atoms with E-state index in [1.165, 1.54) is 16.9 Å². The first-order chi connectivity index (χ1) is 13.5. The van der Waals surface area contributed by atoms with E-state index in [0.717, 1.165) is 29.1 Å². The van der Waals surface area contributed by atoms with Gasteiger partial charge in [0.1, 0.15) is 16.6 Å². The van der Waals surface area contributed by atoms with Crippen LogP contribution in [0.1, 0.15) is 51.1 Å². The highest BCUT2D eigenvalue weighted by atomic mass is 32.1. The summed E-state index contributed by atoms with van der Waals surface area (Å²) >= 11 is 1.49. The van der Waals surface area contributed by atoms with E-state index in [2.05, 4.69) is 69.1 Å². The maximum absolute atomic E-state index is 10.7. The van der Waals surface area contributed by atoms with Crippen molar-refractivity contribution in [2.75, 3.05) is 6.54 Å². The fourth-order valence-electron chi connectivity index (χ4n) is 4.87. The molecule has 2 aromatic rings. The van der Waals surface area contributed by atoms with Gasteiger partial charge in [-0.05, 0) is 47.5 Å². The predicted molar refractivity (Wildman–Crippen MR) is 121 cm³/mol. The molecule has 0 bridgehead atoms. The minimum Gasteiger partial charge on any atom is -0.510 e. The number of aromatic nitrogens is 1. The van der Waals surface area contributed by atoms with Crippen molar-refractivity contribution in [3.05, 3.63) is 46.0 Å². The molecule has 0 aliphatic carbocycles. The highest BCUT2D eigenvalue weighted by molar-refractivity contribution is 7.11. The summed E-state index contributed by atoms with van der Waals surface area (Å²) in [4.78, 5) is 6.81. The molecule has 2 aliphatic rings. The predicted octanol–water partition coefficient (Wildman–Crippen LogP) is 4.99. The second-order valence-electron chi connectivity index (χ2n) is 9.66. The number of thiazole rings is 1. The lowest BCUT2D eigenvalue weighted by molar-refractivity contribution is 0.105. The van der Waals surface area contributed by atoms with Crippen LogP contribution in [0.2, 0.25) is 0 Å². The second-order valence-corrected chi connectivity index (χ2v) is 10.5. The lowest BCUT2D eigenvalue weighted by Gasteiger charge is -2.49. The first kappa shape index (κ1) is 20.1. The third-order valence-electron chi connectivity index (χ3n) is 5.81. The van der Waals surface area contributed by atoms with Gasteiger partial charge in [-0.1, -0.05) is 29.8 Å². The van der Waals surface area contributed by atoms with E-state index in [4.69, 9.17) is 10.4 Å². The van der Waals surface area contributed by atoms with Gasteiger partial charge in [-0.2, -0.15) is 0 Å². The smallest absolute Gasteiger partial charge is 0.135 e. The maximum atomic E-state index is 10.7. The molecule has 6 heteroatoms. The van der Waals surface area contributed by atoms with Crippen molar-refractivity contribution in [1.82, 2.24) is 15.2 Å². The number of aliphatic hydroxyl groups is 1. The highest BCUT2D eigenvalue weighted by Crippen LogP contribution is 2.38. The first-order valence-corrected chi connectivity index (χ1v) is 11.0. The molecule has 0 spiro atoms. The zero-order valence-electron chi connectivity index (χ0n) is 17.8. The Kier molecular flexibility index (Phi) is 4.82. The minimum atomic E-state index is -0.00907. The zero-order valence-corrected chi connectivity index (χ0v) is 18.7. The Balaban J connectivity index is 1.58. The zero-order chi connectivity index (χ0) is 21.0. The number of nitrogens with zero attached hydrogens (tertiary/aromatic N) is 2. The minimum absolute atomic E-state index is 0.00907. The van der Waals surface area contributed by atoms with Crippen LogP contribution >= 0.6 is 11.3 Å². The number of benzene rings is 1. The molecule has 0 unspecified atom stereocenters. The van der Waals surface area contributed by atoms with Gasteiger partial charge in [-0.3, -0.25) is 5.41 Å². The van der Waals surface area contributed by atoms with Crippen LogP contribution in [0.3, 0.4) is 0 Å². The Bertz CT molecular complexity index is 955. The molecule has 0 atom stereocenters. The number of rotatable bonds is 3. The van der Waals surface area contributed by atoms with E-state index in [1.54, 1.807) is 0 Å². The van der Waals surface area contributed by atoms with Gasteiger partial charge in [0.2, 0.25) is 0 Å². The summed E-state index contributed by atoms with van der Waals surface area (Å²) in [6, 6.07) is 8.49. The summed E-state index contributed by atoms with van der Waals surface area (Å²) in [5.74, 6) is 0.653. The quantitative estimate of drug-likeness (QED) is 0.667. The Morgan fingerprint density at radius 1 is 1.14 bits per heavy atom. The maximum Gasteiger partial charge on any atom is 0.135 e. The number of piperidine rings is 1. The van der Waals surface area contributed by atoms with Gasteiger partial charge in [0.05, 0.1) is 17.8 Å². The normalized spacial score (nSPS) is 21.8. The van der Waals surface area contributed by atoms with Gasteiger partial charge in [-0.15, -0.1) is 11.3 Å². The van der Waals surface area contributed by atoms with Crippen LogP contribution in [0.5, 0.6) is 0 Å². The molecule has 1 aromatic carbocycles. The molecule has 5 nitrogen and oxygen atoms in total. The number of aliphatic hydroxyl groups excluding tert-OH is 1. The number of aryl methyl sites for hydroxylation is 1. The van der Waals surface area contributed by atoms with Crippen molar-refractivity contribution in [2.45, 2.75) is 64.6 Å².